The summed E-state index contributed by atoms with van der Waals surface area (Å²) in [5, 5.41) is 4.95. The van der Waals surface area contributed by atoms with Gasteiger partial charge in [0.2, 0.25) is 0 Å². The Morgan fingerprint density at radius 2 is 1.88 bits per heavy atom. The summed E-state index contributed by atoms with van der Waals surface area (Å²) < 4.78 is 12.0. The average molecular weight is 494 g/mol. The second kappa shape index (κ2) is 9.74. The molecule has 1 amide bonds. The van der Waals surface area contributed by atoms with Gasteiger partial charge in [-0.1, -0.05) is 12.1 Å². The number of anilines is 1. The van der Waals surface area contributed by atoms with Gasteiger partial charge in [0, 0.05) is 29.6 Å². The van der Waals surface area contributed by atoms with Gasteiger partial charge in [0.05, 0.1) is 17.3 Å². The first-order valence-electron chi connectivity index (χ1n) is 11.3. The van der Waals surface area contributed by atoms with Crippen molar-refractivity contribution in [2.45, 2.75) is 32.9 Å². The van der Waals surface area contributed by atoms with Crippen LogP contribution in [0.5, 0.6) is 11.5 Å². The number of aromatic nitrogens is 1. The molecule has 2 aromatic heterocycles. The minimum Gasteiger partial charge on any atom is -0.497 e. The van der Waals surface area contributed by atoms with Crippen molar-refractivity contribution in [3.63, 3.8) is 0 Å². The topological polar surface area (TPSA) is 63.7 Å². The average Bonchev–Trinajstić information content (AvgIpc) is 3.43. The Morgan fingerprint density at radius 3 is 2.62 bits per heavy atom. The van der Waals surface area contributed by atoms with Crippen molar-refractivity contribution in [2.24, 2.45) is 0 Å². The van der Waals surface area contributed by atoms with E-state index in [-0.39, 0.29) is 12.5 Å². The maximum atomic E-state index is 12.9. The number of benzene rings is 2. The first-order valence-corrected chi connectivity index (χ1v) is 13.0. The number of nitrogens with zero attached hydrogens (tertiary/aromatic N) is 2. The Bertz CT molecular complexity index is 1280. The zero-order valence-electron chi connectivity index (χ0n) is 19.5. The molecule has 0 spiro atoms. The lowest BCUT2D eigenvalue weighted by Gasteiger charge is -2.30. The molecule has 1 N–H and O–H groups in total. The van der Waals surface area contributed by atoms with Crippen molar-refractivity contribution in [3.8, 4) is 22.1 Å². The summed E-state index contributed by atoms with van der Waals surface area (Å²) in [5.74, 6) is 1.19. The van der Waals surface area contributed by atoms with E-state index < -0.39 is 0 Å². The van der Waals surface area contributed by atoms with Crippen LogP contribution in [0.1, 0.15) is 24.3 Å². The Kier molecular flexibility index (Phi) is 6.54. The SMILES string of the molecule is COc1ccc(OCC(=O)Nc2sc3c(c2-c2nc4ccccc4s2)CCN(C(C)C)C3)cc1. The minimum atomic E-state index is -0.183. The van der Waals surface area contributed by atoms with Crippen LogP contribution < -0.4 is 14.8 Å². The molecule has 0 saturated carbocycles. The lowest BCUT2D eigenvalue weighted by molar-refractivity contribution is -0.118. The van der Waals surface area contributed by atoms with E-state index in [2.05, 4.69) is 30.1 Å². The third kappa shape index (κ3) is 4.66. The molecule has 0 saturated heterocycles. The fraction of sp³-hybridized carbons (Fsp3) is 0.308. The summed E-state index contributed by atoms with van der Waals surface area (Å²) in [6, 6.07) is 15.9. The Balaban J connectivity index is 1.41. The molecular weight excluding hydrogens is 466 g/mol. The standard InChI is InChI=1S/C26H27N3O3S2/c1-16(2)29-13-12-19-22(14-29)34-26(24(19)25-27-20-6-4-5-7-21(20)33-25)28-23(30)15-32-18-10-8-17(31-3)9-11-18/h4-11,16H,12-15H2,1-3H3,(H,28,30). The van der Waals surface area contributed by atoms with Gasteiger partial charge < -0.3 is 14.8 Å². The largest absolute Gasteiger partial charge is 0.497 e. The molecule has 0 unspecified atom stereocenters. The maximum absolute atomic E-state index is 12.9. The van der Waals surface area contributed by atoms with Crippen LogP contribution in [-0.2, 0) is 17.8 Å². The van der Waals surface area contributed by atoms with Crippen LogP contribution in [0.3, 0.4) is 0 Å². The van der Waals surface area contributed by atoms with E-state index in [0.29, 0.717) is 11.8 Å². The summed E-state index contributed by atoms with van der Waals surface area (Å²) in [5.41, 5.74) is 3.37. The lowest BCUT2D eigenvalue weighted by atomic mass is 10.0. The van der Waals surface area contributed by atoms with Gasteiger partial charge in [-0.25, -0.2) is 4.98 Å². The normalized spacial score (nSPS) is 13.8. The first kappa shape index (κ1) is 22.8. The van der Waals surface area contributed by atoms with Gasteiger partial charge in [-0.2, -0.15) is 0 Å². The van der Waals surface area contributed by atoms with Crippen LogP contribution in [0, 0.1) is 0 Å². The van der Waals surface area contributed by atoms with E-state index in [1.807, 2.05) is 30.3 Å². The second-order valence-corrected chi connectivity index (χ2v) is 10.7. The lowest BCUT2D eigenvalue weighted by Crippen LogP contribution is -2.35. The van der Waals surface area contributed by atoms with Crippen LogP contribution >= 0.6 is 22.7 Å². The third-order valence-corrected chi connectivity index (χ3v) is 8.19. The number of hydrogen-bond donors (Lipinski definition) is 1. The summed E-state index contributed by atoms with van der Waals surface area (Å²) in [7, 11) is 1.62. The Hall–Kier alpha value is -2.94. The fourth-order valence-corrected chi connectivity index (χ4v) is 6.54. The predicted octanol–water partition coefficient (Wildman–Crippen LogP) is 5.82. The highest BCUT2D eigenvalue weighted by Gasteiger charge is 2.28. The van der Waals surface area contributed by atoms with E-state index in [1.54, 1.807) is 41.9 Å². The molecule has 4 aromatic rings. The highest BCUT2D eigenvalue weighted by Crippen LogP contribution is 2.45. The first-order chi connectivity index (χ1) is 16.5. The van der Waals surface area contributed by atoms with Gasteiger partial charge >= 0.3 is 0 Å². The van der Waals surface area contributed by atoms with Gasteiger partial charge in [-0.3, -0.25) is 9.69 Å². The third-order valence-electron chi connectivity index (χ3n) is 6.01. The summed E-state index contributed by atoms with van der Waals surface area (Å²) in [6.07, 6.45) is 0.952. The van der Waals surface area contributed by atoms with Crippen molar-refractivity contribution in [1.82, 2.24) is 9.88 Å². The van der Waals surface area contributed by atoms with E-state index >= 15 is 0 Å². The van der Waals surface area contributed by atoms with Crippen LogP contribution in [0.15, 0.2) is 48.5 Å². The highest BCUT2D eigenvalue weighted by atomic mass is 32.1. The van der Waals surface area contributed by atoms with Crippen molar-refractivity contribution in [2.75, 3.05) is 25.6 Å². The number of para-hydroxylation sites is 1. The quantitative estimate of drug-likeness (QED) is 0.352. The number of thiazole rings is 1. The number of rotatable bonds is 7. The molecule has 2 aromatic carbocycles. The summed E-state index contributed by atoms with van der Waals surface area (Å²) in [6.45, 7) is 6.30. The molecule has 1 aliphatic rings. The van der Waals surface area contributed by atoms with Crippen LogP contribution in [0.2, 0.25) is 0 Å². The predicted molar refractivity (Wildman–Crippen MR) is 139 cm³/mol. The number of carbonyl (C=O) groups excluding carboxylic acids is 1. The fourth-order valence-electron chi connectivity index (χ4n) is 4.14. The van der Waals surface area contributed by atoms with Gasteiger partial charge in [0.1, 0.15) is 21.5 Å². The molecule has 0 radical (unpaired) electrons. The van der Waals surface area contributed by atoms with Crippen LogP contribution in [-0.4, -0.2) is 42.1 Å². The van der Waals surface area contributed by atoms with Crippen molar-refractivity contribution < 1.29 is 14.3 Å². The molecule has 0 fully saturated rings. The number of ether oxygens (including phenoxy) is 2. The zero-order valence-corrected chi connectivity index (χ0v) is 21.1. The molecule has 8 heteroatoms. The molecule has 0 bridgehead atoms. The maximum Gasteiger partial charge on any atom is 0.262 e. The van der Waals surface area contributed by atoms with Crippen molar-refractivity contribution in [1.29, 1.82) is 0 Å². The van der Waals surface area contributed by atoms with E-state index in [1.165, 1.54) is 10.4 Å². The van der Waals surface area contributed by atoms with Gasteiger partial charge in [0.15, 0.2) is 6.61 Å². The van der Waals surface area contributed by atoms with Gasteiger partial charge in [0.25, 0.3) is 5.91 Å². The number of carbonyl (C=O) groups is 1. The van der Waals surface area contributed by atoms with Gasteiger partial charge in [-0.15, -0.1) is 22.7 Å². The molecular formula is C26H27N3O3S2. The number of hydrogen-bond acceptors (Lipinski definition) is 7. The number of nitrogens with one attached hydrogen (secondary N) is 1. The van der Waals surface area contributed by atoms with Crippen LogP contribution in [0.4, 0.5) is 5.00 Å². The number of thiophene rings is 1. The van der Waals surface area contributed by atoms with Crippen molar-refractivity contribution >= 4 is 43.8 Å². The Labute approximate surface area is 207 Å². The molecule has 6 nitrogen and oxygen atoms in total. The zero-order chi connectivity index (χ0) is 23.7. The van der Waals surface area contributed by atoms with E-state index in [0.717, 1.165) is 51.0 Å². The van der Waals surface area contributed by atoms with Gasteiger partial charge in [-0.05, 0) is 62.2 Å². The number of fused-ring (bicyclic) bond motifs is 2. The molecule has 5 rings (SSSR count). The molecule has 1 aliphatic heterocycles. The van der Waals surface area contributed by atoms with Crippen LogP contribution in [0.25, 0.3) is 20.8 Å². The smallest absolute Gasteiger partial charge is 0.262 e. The number of amides is 1. The highest BCUT2D eigenvalue weighted by molar-refractivity contribution is 7.22. The molecule has 176 valence electrons. The van der Waals surface area contributed by atoms with E-state index in [4.69, 9.17) is 14.5 Å². The number of methoxy groups -OCH3 is 1. The monoisotopic (exact) mass is 493 g/mol. The van der Waals surface area contributed by atoms with E-state index in [9.17, 15) is 4.79 Å². The van der Waals surface area contributed by atoms with Crippen molar-refractivity contribution in [3.05, 3.63) is 59.0 Å². The molecule has 34 heavy (non-hydrogen) atoms. The minimum absolute atomic E-state index is 0.0632. The molecule has 0 atom stereocenters. The Morgan fingerprint density at radius 1 is 1.12 bits per heavy atom. The second-order valence-electron chi connectivity index (χ2n) is 8.52. The molecule has 0 aliphatic carbocycles. The summed E-state index contributed by atoms with van der Waals surface area (Å²) >= 11 is 3.34. The summed E-state index contributed by atoms with van der Waals surface area (Å²) in [4.78, 5) is 21.6. The molecule has 3 heterocycles.